The van der Waals surface area contributed by atoms with Crippen LogP contribution in [0.3, 0.4) is 0 Å². The molecule has 2 aromatic rings. The molecule has 140 valence electrons. The molecule has 0 fully saturated rings. The van der Waals surface area contributed by atoms with E-state index in [9.17, 15) is 17.6 Å². The van der Waals surface area contributed by atoms with Crippen LogP contribution >= 0.6 is 0 Å². The van der Waals surface area contributed by atoms with Gasteiger partial charge in [-0.2, -0.15) is 0 Å². The molecule has 0 spiro atoms. The Bertz CT molecular complexity index is 836. The van der Waals surface area contributed by atoms with Gasteiger partial charge in [0.05, 0.1) is 18.6 Å². The average molecular weight is 380 g/mol. The first-order valence-electron chi connectivity index (χ1n) is 8.05. The molecular formula is C18H21FN2O4S. The largest absolute Gasteiger partial charge is 0.494 e. The molecule has 0 heterocycles. The van der Waals surface area contributed by atoms with E-state index in [2.05, 4.69) is 5.32 Å². The molecule has 26 heavy (non-hydrogen) atoms. The number of hydrogen-bond donors (Lipinski definition) is 1. The van der Waals surface area contributed by atoms with E-state index in [0.717, 1.165) is 17.0 Å². The van der Waals surface area contributed by atoms with Gasteiger partial charge in [0.15, 0.2) is 0 Å². The molecule has 1 N–H and O–H groups in total. The van der Waals surface area contributed by atoms with E-state index >= 15 is 0 Å². The highest BCUT2D eigenvalue weighted by Gasteiger charge is 2.21. The number of carbonyl (C=O) groups excluding carboxylic acids is 1. The molecule has 8 heteroatoms. The number of amides is 1. The third-order valence-corrected chi connectivity index (χ3v) is 4.55. The third-order valence-electron chi connectivity index (χ3n) is 3.41. The zero-order valence-corrected chi connectivity index (χ0v) is 15.4. The number of anilines is 2. The fourth-order valence-electron chi connectivity index (χ4n) is 2.19. The maximum absolute atomic E-state index is 12.9. The number of hydrogen-bond acceptors (Lipinski definition) is 4. The summed E-state index contributed by atoms with van der Waals surface area (Å²) in [5.74, 6) is -0.334. The van der Waals surface area contributed by atoms with E-state index in [-0.39, 0.29) is 0 Å². The average Bonchev–Trinajstić information content (AvgIpc) is 2.59. The lowest BCUT2D eigenvalue weighted by molar-refractivity contribution is -0.114. The van der Waals surface area contributed by atoms with Crippen molar-refractivity contribution in [3.05, 3.63) is 54.3 Å². The van der Waals surface area contributed by atoms with E-state index in [4.69, 9.17) is 4.74 Å². The van der Waals surface area contributed by atoms with Crippen LogP contribution in [0.1, 0.15) is 13.3 Å². The summed E-state index contributed by atoms with van der Waals surface area (Å²) in [5.41, 5.74) is 0.735. The Morgan fingerprint density at radius 1 is 1.12 bits per heavy atom. The van der Waals surface area contributed by atoms with Gasteiger partial charge in [0.2, 0.25) is 15.9 Å². The predicted molar refractivity (Wildman–Crippen MR) is 99.4 cm³/mol. The van der Waals surface area contributed by atoms with Crippen molar-refractivity contribution in [2.45, 2.75) is 13.3 Å². The zero-order chi connectivity index (χ0) is 19.2. The zero-order valence-electron chi connectivity index (χ0n) is 14.6. The van der Waals surface area contributed by atoms with Crippen LogP contribution in [0.15, 0.2) is 48.5 Å². The Balaban J connectivity index is 2.12. The molecule has 0 saturated carbocycles. The van der Waals surface area contributed by atoms with Crippen molar-refractivity contribution in [3.63, 3.8) is 0 Å². The lowest BCUT2D eigenvalue weighted by atomic mass is 10.3. The fourth-order valence-corrected chi connectivity index (χ4v) is 3.05. The van der Waals surface area contributed by atoms with E-state index in [1.54, 1.807) is 24.3 Å². The van der Waals surface area contributed by atoms with Gasteiger partial charge in [0, 0.05) is 5.69 Å². The number of ether oxygens (including phenoxy) is 1. The second-order valence-electron chi connectivity index (χ2n) is 5.67. The highest BCUT2D eigenvalue weighted by molar-refractivity contribution is 7.92. The minimum atomic E-state index is -3.67. The maximum atomic E-state index is 12.9. The molecule has 0 aliphatic rings. The highest BCUT2D eigenvalue weighted by Crippen LogP contribution is 2.22. The molecule has 0 aromatic heterocycles. The van der Waals surface area contributed by atoms with Gasteiger partial charge in [0.25, 0.3) is 0 Å². The van der Waals surface area contributed by atoms with Gasteiger partial charge in [-0.3, -0.25) is 9.10 Å². The first kappa shape index (κ1) is 19.7. The molecule has 0 unspecified atom stereocenters. The summed E-state index contributed by atoms with van der Waals surface area (Å²) in [6.45, 7) is 2.15. The van der Waals surface area contributed by atoms with Gasteiger partial charge in [0.1, 0.15) is 18.1 Å². The molecule has 0 radical (unpaired) electrons. The minimum absolute atomic E-state index is 0.352. The summed E-state index contributed by atoms with van der Waals surface area (Å²) >= 11 is 0. The molecule has 0 bridgehead atoms. The van der Waals surface area contributed by atoms with Gasteiger partial charge in [-0.15, -0.1) is 0 Å². The van der Waals surface area contributed by atoms with Crippen molar-refractivity contribution in [2.24, 2.45) is 0 Å². The summed E-state index contributed by atoms with van der Waals surface area (Å²) in [6, 6.07) is 11.7. The lowest BCUT2D eigenvalue weighted by Crippen LogP contribution is -2.37. The van der Waals surface area contributed by atoms with E-state index in [1.807, 2.05) is 6.92 Å². The van der Waals surface area contributed by atoms with Gasteiger partial charge in [-0.05, 0) is 55.0 Å². The van der Waals surface area contributed by atoms with Crippen LogP contribution in [0.5, 0.6) is 5.75 Å². The molecule has 0 aliphatic carbocycles. The van der Waals surface area contributed by atoms with E-state index in [0.29, 0.717) is 23.7 Å². The monoisotopic (exact) mass is 380 g/mol. The van der Waals surface area contributed by atoms with Crippen molar-refractivity contribution in [3.8, 4) is 5.75 Å². The molecule has 0 aliphatic heterocycles. The number of rotatable bonds is 8. The number of sulfonamides is 1. The summed E-state index contributed by atoms with van der Waals surface area (Å²) in [6.07, 6.45) is 1.89. The van der Waals surface area contributed by atoms with Crippen LogP contribution in [0.25, 0.3) is 0 Å². The summed E-state index contributed by atoms with van der Waals surface area (Å²) in [4.78, 5) is 12.2. The first-order valence-corrected chi connectivity index (χ1v) is 9.90. The van der Waals surface area contributed by atoms with Gasteiger partial charge < -0.3 is 10.1 Å². The van der Waals surface area contributed by atoms with Crippen LogP contribution < -0.4 is 14.4 Å². The van der Waals surface area contributed by atoms with Crippen molar-refractivity contribution in [2.75, 3.05) is 29.0 Å². The van der Waals surface area contributed by atoms with Crippen molar-refractivity contribution in [1.29, 1.82) is 0 Å². The molecule has 0 atom stereocenters. The third kappa shape index (κ3) is 5.73. The second kappa shape index (κ2) is 8.66. The molecular weight excluding hydrogens is 359 g/mol. The Morgan fingerprint density at radius 2 is 1.73 bits per heavy atom. The Hall–Kier alpha value is -2.61. The fraction of sp³-hybridized carbons (Fsp3) is 0.278. The number of nitrogens with zero attached hydrogens (tertiary/aromatic N) is 1. The summed E-state index contributed by atoms with van der Waals surface area (Å²) < 4.78 is 43.5. The van der Waals surface area contributed by atoms with Crippen molar-refractivity contribution >= 4 is 27.3 Å². The van der Waals surface area contributed by atoms with Crippen LogP contribution in [0.4, 0.5) is 15.8 Å². The lowest BCUT2D eigenvalue weighted by Gasteiger charge is -2.22. The smallest absolute Gasteiger partial charge is 0.245 e. The number of benzene rings is 2. The number of carbonyl (C=O) groups is 1. The second-order valence-corrected chi connectivity index (χ2v) is 7.57. The van der Waals surface area contributed by atoms with Crippen molar-refractivity contribution < 1.29 is 22.3 Å². The normalized spacial score (nSPS) is 11.0. The number of halogens is 1. The van der Waals surface area contributed by atoms with Crippen LogP contribution in [0, 0.1) is 5.82 Å². The maximum Gasteiger partial charge on any atom is 0.245 e. The van der Waals surface area contributed by atoms with Gasteiger partial charge >= 0.3 is 0 Å². The molecule has 0 saturated heterocycles. The summed E-state index contributed by atoms with van der Waals surface area (Å²) in [5, 5.41) is 2.54. The predicted octanol–water partition coefficient (Wildman–Crippen LogP) is 3.02. The van der Waals surface area contributed by atoms with Crippen molar-refractivity contribution in [1.82, 2.24) is 0 Å². The Labute approximate surface area is 152 Å². The molecule has 6 nitrogen and oxygen atoms in total. The SMILES string of the molecule is CCCOc1ccc(N(CC(=O)Nc2ccc(F)cc2)S(C)(=O)=O)cc1. The molecule has 2 aromatic carbocycles. The highest BCUT2D eigenvalue weighted by atomic mass is 32.2. The molecule has 2 rings (SSSR count). The topological polar surface area (TPSA) is 75.7 Å². The van der Waals surface area contributed by atoms with E-state index in [1.165, 1.54) is 24.3 Å². The standard InChI is InChI=1S/C18H21FN2O4S/c1-3-12-25-17-10-8-16(9-11-17)21(26(2,23)24)13-18(22)20-15-6-4-14(19)5-7-15/h4-11H,3,12-13H2,1-2H3,(H,20,22). The van der Waals surface area contributed by atoms with Gasteiger partial charge in [-0.1, -0.05) is 6.92 Å². The van der Waals surface area contributed by atoms with Crippen LogP contribution in [-0.2, 0) is 14.8 Å². The Kier molecular flexibility index (Phi) is 6.57. The number of nitrogens with one attached hydrogen (secondary N) is 1. The summed E-state index contributed by atoms with van der Waals surface area (Å²) in [7, 11) is -3.67. The first-order chi connectivity index (χ1) is 12.3. The van der Waals surface area contributed by atoms with Crippen LogP contribution in [0.2, 0.25) is 0 Å². The quantitative estimate of drug-likeness (QED) is 0.764. The Morgan fingerprint density at radius 3 is 2.27 bits per heavy atom. The minimum Gasteiger partial charge on any atom is -0.494 e. The molecule has 1 amide bonds. The van der Waals surface area contributed by atoms with Gasteiger partial charge in [-0.25, -0.2) is 12.8 Å². The van der Waals surface area contributed by atoms with E-state index < -0.39 is 28.3 Å². The van der Waals surface area contributed by atoms with Crippen LogP contribution in [-0.4, -0.2) is 33.7 Å².